The number of nitrogens with one attached hydrogen (secondary N) is 1. The van der Waals surface area contributed by atoms with Crippen molar-refractivity contribution in [1.82, 2.24) is 15.3 Å². The molecule has 5 nitrogen and oxygen atoms in total. The highest BCUT2D eigenvalue weighted by molar-refractivity contribution is 5.92. The smallest absolute Gasteiger partial charge is 0.270 e. The summed E-state index contributed by atoms with van der Waals surface area (Å²) in [6.45, 7) is 8.53. The largest absolute Gasteiger partial charge is 0.357 e. The van der Waals surface area contributed by atoms with Crippen LogP contribution in [-0.4, -0.2) is 35.5 Å². The van der Waals surface area contributed by atoms with E-state index in [1.807, 2.05) is 6.92 Å². The van der Waals surface area contributed by atoms with E-state index in [1.165, 1.54) is 6.33 Å². The summed E-state index contributed by atoms with van der Waals surface area (Å²) in [4.78, 5) is 22.0. The number of aromatic nitrogens is 2. The van der Waals surface area contributed by atoms with Gasteiger partial charge >= 0.3 is 0 Å². The SMILES string of the molecule is CCCNC(=O)c1cc(N(CC)CC)ncn1. The lowest BCUT2D eigenvalue weighted by molar-refractivity contribution is 0.0948. The van der Waals surface area contributed by atoms with Crippen molar-refractivity contribution in [2.75, 3.05) is 24.5 Å². The van der Waals surface area contributed by atoms with Gasteiger partial charge in [0.25, 0.3) is 5.91 Å². The van der Waals surface area contributed by atoms with E-state index in [-0.39, 0.29) is 5.91 Å². The van der Waals surface area contributed by atoms with Gasteiger partial charge < -0.3 is 10.2 Å². The standard InChI is InChI=1S/C12H20N4O/c1-4-7-13-12(17)10-8-11(15-9-14-10)16(5-2)6-3/h8-9H,4-7H2,1-3H3,(H,13,17). The van der Waals surface area contributed by atoms with Gasteiger partial charge in [0.1, 0.15) is 17.8 Å². The van der Waals surface area contributed by atoms with Crippen LogP contribution in [0.5, 0.6) is 0 Å². The molecule has 0 aliphatic rings. The van der Waals surface area contributed by atoms with Crippen molar-refractivity contribution in [3.8, 4) is 0 Å². The van der Waals surface area contributed by atoms with Gasteiger partial charge in [-0.1, -0.05) is 6.92 Å². The van der Waals surface area contributed by atoms with E-state index >= 15 is 0 Å². The van der Waals surface area contributed by atoms with E-state index in [9.17, 15) is 4.79 Å². The quantitative estimate of drug-likeness (QED) is 0.812. The average molecular weight is 236 g/mol. The summed E-state index contributed by atoms with van der Waals surface area (Å²) >= 11 is 0. The van der Waals surface area contributed by atoms with Gasteiger partial charge in [0, 0.05) is 25.7 Å². The monoisotopic (exact) mass is 236 g/mol. The lowest BCUT2D eigenvalue weighted by atomic mass is 10.3. The van der Waals surface area contributed by atoms with Crippen LogP contribution in [0.1, 0.15) is 37.7 Å². The molecule has 0 unspecified atom stereocenters. The molecule has 0 fully saturated rings. The highest BCUT2D eigenvalue weighted by atomic mass is 16.1. The Morgan fingerprint density at radius 3 is 2.59 bits per heavy atom. The molecule has 0 radical (unpaired) electrons. The molecule has 1 heterocycles. The minimum absolute atomic E-state index is 0.136. The third kappa shape index (κ3) is 3.69. The second kappa shape index (κ2) is 6.83. The van der Waals surface area contributed by atoms with Crippen molar-refractivity contribution in [3.05, 3.63) is 18.1 Å². The Kier molecular flexibility index (Phi) is 5.39. The highest BCUT2D eigenvalue weighted by Gasteiger charge is 2.10. The van der Waals surface area contributed by atoms with Gasteiger partial charge in [-0.2, -0.15) is 0 Å². The molecule has 0 saturated heterocycles. The number of hydrogen-bond acceptors (Lipinski definition) is 4. The maximum atomic E-state index is 11.7. The van der Waals surface area contributed by atoms with Gasteiger partial charge in [-0.05, 0) is 20.3 Å². The van der Waals surface area contributed by atoms with Crippen LogP contribution >= 0.6 is 0 Å². The Morgan fingerprint density at radius 2 is 2.00 bits per heavy atom. The fourth-order valence-electron chi connectivity index (χ4n) is 1.52. The number of nitrogens with zero attached hydrogens (tertiary/aromatic N) is 3. The second-order valence-corrected chi connectivity index (χ2v) is 3.69. The Bertz CT molecular complexity index is 363. The molecule has 0 aromatic carbocycles. The van der Waals surface area contributed by atoms with E-state index < -0.39 is 0 Å². The number of carbonyl (C=O) groups excluding carboxylic acids is 1. The third-order valence-corrected chi connectivity index (χ3v) is 2.51. The van der Waals surface area contributed by atoms with Gasteiger partial charge in [-0.3, -0.25) is 4.79 Å². The van der Waals surface area contributed by atoms with Crippen molar-refractivity contribution in [2.24, 2.45) is 0 Å². The summed E-state index contributed by atoms with van der Waals surface area (Å²) in [5.41, 5.74) is 0.426. The molecule has 1 amide bonds. The number of rotatable bonds is 6. The summed E-state index contributed by atoms with van der Waals surface area (Å²) in [6.07, 6.45) is 2.36. The summed E-state index contributed by atoms with van der Waals surface area (Å²) < 4.78 is 0. The maximum absolute atomic E-state index is 11.7. The predicted octanol–water partition coefficient (Wildman–Crippen LogP) is 1.46. The fourth-order valence-corrected chi connectivity index (χ4v) is 1.52. The van der Waals surface area contributed by atoms with Crippen molar-refractivity contribution >= 4 is 11.7 Å². The number of amides is 1. The molecule has 1 N–H and O–H groups in total. The molecule has 1 rings (SSSR count). The average Bonchev–Trinajstić information content (AvgIpc) is 2.38. The zero-order valence-electron chi connectivity index (χ0n) is 10.7. The van der Waals surface area contributed by atoms with Crippen LogP contribution in [0, 0.1) is 0 Å². The fraction of sp³-hybridized carbons (Fsp3) is 0.583. The van der Waals surface area contributed by atoms with Crippen LogP contribution in [0.25, 0.3) is 0 Å². The molecular formula is C12H20N4O. The molecule has 0 spiro atoms. The Balaban J connectivity index is 2.81. The molecule has 1 aromatic rings. The van der Waals surface area contributed by atoms with Gasteiger partial charge in [-0.25, -0.2) is 9.97 Å². The van der Waals surface area contributed by atoms with Crippen LogP contribution in [-0.2, 0) is 0 Å². The van der Waals surface area contributed by atoms with E-state index in [0.29, 0.717) is 12.2 Å². The van der Waals surface area contributed by atoms with Gasteiger partial charge in [0.05, 0.1) is 0 Å². The summed E-state index contributed by atoms with van der Waals surface area (Å²) in [6, 6.07) is 1.73. The first-order chi connectivity index (χ1) is 8.22. The van der Waals surface area contributed by atoms with Crippen LogP contribution in [0.4, 0.5) is 5.82 Å². The first-order valence-corrected chi connectivity index (χ1v) is 6.08. The molecule has 0 aliphatic heterocycles. The normalized spacial score (nSPS) is 10.1. The van der Waals surface area contributed by atoms with Crippen LogP contribution < -0.4 is 10.2 Å². The summed E-state index contributed by atoms with van der Waals surface area (Å²) in [5, 5.41) is 2.80. The molecule has 1 aromatic heterocycles. The van der Waals surface area contributed by atoms with Crippen LogP contribution in [0.15, 0.2) is 12.4 Å². The molecule has 17 heavy (non-hydrogen) atoms. The molecule has 0 bridgehead atoms. The van der Waals surface area contributed by atoms with E-state index in [2.05, 4.69) is 34.0 Å². The van der Waals surface area contributed by atoms with E-state index in [4.69, 9.17) is 0 Å². The second-order valence-electron chi connectivity index (χ2n) is 3.69. The Hall–Kier alpha value is -1.65. The Morgan fingerprint density at radius 1 is 1.29 bits per heavy atom. The molecule has 5 heteroatoms. The minimum atomic E-state index is -0.136. The van der Waals surface area contributed by atoms with Crippen molar-refractivity contribution in [3.63, 3.8) is 0 Å². The van der Waals surface area contributed by atoms with Gasteiger partial charge in [-0.15, -0.1) is 0 Å². The van der Waals surface area contributed by atoms with Gasteiger partial charge in [0.15, 0.2) is 0 Å². The molecule has 0 aliphatic carbocycles. The Labute approximate surface area is 102 Å². The van der Waals surface area contributed by atoms with Crippen molar-refractivity contribution in [1.29, 1.82) is 0 Å². The van der Waals surface area contributed by atoms with Crippen molar-refractivity contribution < 1.29 is 4.79 Å². The molecule has 94 valence electrons. The highest BCUT2D eigenvalue weighted by Crippen LogP contribution is 2.10. The van der Waals surface area contributed by atoms with Gasteiger partial charge in [0.2, 0.25) is 0 Å². The van der Waals surface area contributed by atoms with E-state index in [1.54, 1.807) is 6.07 Å². The summed E-state index contributed by atoms with van der Waals surface area (Å²) in [7, 11) is 0. The van der Waals surface area contributed by atoms with Crippen molar-refractivity contribution in [2.45, 2.75) is 27.2 Å². The molecular weight excluding hydrogens is 216 g/mol. The molecule has 0 saturated carbocycles. The van der Waals surface area contributed by atoms with Crippen LogP contribution in [0.2, 0.25) is 0 Å². The topological polar surface area (TPSA) is 58.1 Å². The van der Waals surface area contributed by atoms with E-state index in [0.717, 1.165) is 25.3 Å². The first kappa shape index (κ1) is 13.4. The predicted molar refractivity (Wildman–Crippen MR) is 68.2 cm³/mol. The zero-order chi connectivity index (χ0) is 12.7. The zero-order valence-corrected chi connectivity index (χ0v) is 10.7. The number of carbonyl (C=O) groups is 1. The number of hydrogen-bond donors (Lipinski definition) is 1. The minimum Gasteiger partial charge on any atom is -0.357 e. The maximum Gasteiger partial charge on any atom is 0.270 e. The number of anilines is 1. The summed E-state index contributed by atoms with van der Waals surface area (Å²) in [5.74, 6) is 0.661. The van der Waals surface area contributed by atoms with Crippen LogP contribution in [0.3, 0.4) is 0 Å². The molecule has 0 atom stereocenters. The third-order valence-electron chi connectivity index (χ3n) is 2.51. The first-order valence-electron chi connectivity index (χ1n) is 6.08. The lowest BCUT2D eigenvalue weighted by Gasteiger charge is -2.19. The lowest BCUT2D eigenvalue weighted by Crippen LogP contribution is -2.27.